The lowest BCUT2D eigenvalue weighted by atomic mass is 9.84. The van der Waals surface area contributed by atoms with Crippen LogP contribution in [0.25, 0.3) is 5.57 Å². The van der Waals surface area contributed by atoms with E-state index < -0.39 is 0 Å². The molecule has 0 N–H and O–H groups in total. The van der Waals surface area contributed by atoms with Crippen LogP contribution >= 0.6 is 54.5 Å². The Bertz CT molecular complexity index is 995. The molecule has 0 saturated heterocycles. The molecule has 41 heavy (non-hydrogen) atoms. The van der Waals surface area contributed by atoms with Gasteiger partial charge in [-0.05, 0) is 112 Å². The molecule has 1 aliphatic rings. The summed E-state index contributed by atoms with van der Waals surface area (Å²) in [6, 6.07) is 9.18. The van der Waals surface area contributed by atoms with Crippen molar-refractivity contribution in [3.8, 4) is 0 Å². The highest BCUT2D eigenvalue weighted by Gasteiger charge is 2.30. The summed E-state index contributed by atoms with van der Waals surface area (Å²) in [5.74, 6) is 3.08. The topological polar surface area (TPSA) is 3.24 Å². The number of hydrogen-bond acceptors (Lipinski definition) is 3. The standard InChI is InChI=1S/C36H57Br2NS2/c1-5-9-12-13-17-28(15-10-6-2)24-31-26-39(27-32(31)34-21-23-36(38)41-34)25-29(16-11-7-3)18-14-19-30(8-4)33-20-22-35(37)40-33/h20-23,27-31H,5-19,24-26H2,1-4H3. The fourth-order valence-corrected chi connectivity index (χ4v) is 9.95. The lowest BCUT2D eigenvalue weighted by Crippen LogP contribution is -2.26. The minimum absolute atomic E-state index is 0.683. The van der Waals surface area contributed by atoms with E-state index in [1.165, 1.54) is 128 Å². The van der Waals surface area contributed by atoms with Crippen molar-refractivity contribution in [2.45, 2.75) is 136 Å². The molecule has 5 heteroatoms. The van der Waals surface area contributed by atoms with E-state index in [0.29, 0.717) is 5.92 Å². The molecule has 0 radical (unpaired) electrons. The summed E-state index contributed by atoms with van der Waals surface area (Å²) in [6.45, 7) is 11.9. The molecular formula is C36H57Br2NS2. The second-order valence-corrected chi connectivity index (χ2v) is 17.6. The van der Waals surface area contributed by atoms with Gasteiger partial charge in [-0.15, -0.1) is 22.7 Å². The maximum Gasteiger partial charge on any atom is 0.0704 e. The Balaban J connectivity index is 1.65. The van der Waals surface area contributed by atoms with Crippen molar-refractivity contribution in [3.63, 3.8) is 0 Å². The van der Waals surface area contributed by atoms with Crippen molar-refractivity contribution in [3.05, 3.63) is 47.8 Å². The van der Waals surface area contributed by atoms with Crippen LogP contribution in [0.4, 0.5) is 0 Å². The van der Waals surface area contributed by atoms with Gasteiger partial charge in [-0.25, -0.2) is 0 Å². The molecule has 3 rings (SSSR count). The molecule has 2 aromatic rings. The molecule has 0 fully saturated rings. The van der Waals surface area contributed by atoms with Crippen LogP contribution in [0, 0.1) is 17.8 Å². The van der Waals surface area contributed by atoms with Crippen LogP contribution in [-0.4, -0.2) is 18.0 Å². The first-order valence-electron chi connectivity index (χ1n) is 16.9. The summed E-state index contributed by atoms with van der Waals surface area (Å²) in [5.41, 5.74) is 1.62. The Morgan fingerprint density at radius 3 is 2.02 bits per heavy atom. The average molecular weight is 728 g/mol. The lowest BCUT2D eigenvalue weighted by molar-refractivity contribution is 0.257. The first kappa shape index (κ1) is 35.4. The van der Waals surface area contributed by atoms with E-state index in [1.54, 1.807) is 10.5 Å². The highest BCUT2D eigenvalue weighted by atomic mass is 79.9. The maximum absolute atomic E-state index is 3.76. The zero-order chi connectivity index (χ0) is 29.5. The molecule has 0 aromatic carbocycles. The number of rotatable bonds is 22. The first-order valence-corrected chi connectivity index (χ1v) is 20.2. The third kappa shape index (κ3) is 12.4. The van der Waals surface area contributed by atoms with Gasteiger partial charge in [0.25, 0.3) is 0 Å². The first-order chi connectivity index (χ1) is 20.0. The Kier molecular flexibility index (Phi) is 17.3. The van der Waals surface area contributed by atoms with Gasteiger partial charge in [-0.3, -0.25) is 0 Å². The van der Waals surface area contributed by atoms with Crippen molar-refractivity contribution in [2.75, 3.05) is 13.1 Å². The van der Waals surface area contributed by atoms with Gasteiger partial charge in [0.1, 0.15) is 0 Å². The number of nitrogens with zero attached hydrogens (tertiary/aromatic N) is 1. The molecule has 0 aliphatic carbocycles. The molecular weight excluding hydrogens is 670 g/mol. The summed E-state index contributed by atoms with van der Waals surface area (Å²) in [5, 5.41) is 0. The molecule has 3 heterocycles. The zero-order valence-corrected chi connectivity index (χ0v) is 31.2. The monoisotopic (exact) mass is 725 g/mol. The summed E-state index contributed by atoms with van der Waals surface area (Å²) >= 11 is 11.3. The second kappa shape index (κ2) is 20.0. The van der Waals surface area contributed by atoms with Crippen LogP contribution in [0.15, 0.2) is 38.0 Å². The molecule has 1 nitrogen and oxygen atoms in total. The fourth-order valence-electron chi connectivity index (χ4n) is 6.83. The molecule has 1 aliphatic heterocycles. The van der Waals surface area contributed by atoms with Crippen LogP contribution in [0.5, 0.6) is 0 Å². The lowest BCUT2D eigenvalue weighted by Gasteiger charge is -2.27. The van der Waals surface area contributed by atoms with E-state index >= 15 is 0 Å². The van der Waals surface area contributed by atoms with Crippen molar-refractivity contribution >= 4 is 60.1 Å². The largest absolute Gasteiger partial charge is 0.376 e. The highest BCUT2D eigenvalue weighted by molar-refractivity contribution is 9.11. The van der Waals surface area contributed by atoms with Crippen LogP contribution in [0.2, 0.25) is 0 Å². The van der Waals surface area contributed by atoms with E-state index in [9.17, 15) is 0 Å². The number of thiophene rings is 2. The second-order valence-electron chi connectivity index (χ2n) is 12.6. The van der Waals surface area contributed by atoms with E-state index in [-0.39, 0.29) is 0 Å². The number of unbranched alkanes of at least 4 members (excludes halogenated alkanes) is 5. The predicted molar refractivity (Wildman–Crippen MR) is 193 cm³/mol. The van der Waals surface area contributed by atoms with Gasteiger partial charge in [0, 0.05) is 35.0 Å². The van der Waals surface area contributed by atoms with Gasteiger partial charge >= 0.3 is 0 Å². The van der Waals surface area contributed by atoms with Crippen LogP contribution in [0.3, 0.4) is 0 Å². The molecule has 0 saturated carbocycles. The Morgan fingerprint density at radius 2 is 1.39 bits per heavy atom. The average Bonchev–Trinajstić information content (AvgIpc) is 3.70. The molecule has 4 unspecified atom stereocenters. The Hall–Kier alpha value is -0.100. The maximum atomic E-state index is 3.76. The minimum Gasteiger partial charge on any atom is -0.376 e. The molecule has 0 amide bonds. The summed E-state index contributed by atoms with van der Waals surface area (Å²) in [7, 11) is 0. The summed E-state index contributed by atoms with van der Waals surface area (Å²) in [6.07, 6.45) is 24.4. The van der Waals surface area contributed by atoms with Crippen molar-refractivity contribution in [1.82, 2.24) is 4.90 Å². The third-order valence-corrected chi connectivity index (χ3v) is 12.7. The third-order valence-electron chi connectivity index (χ3n) is 9.24. The van der Waals surface area contributed by atoms with Crippen molar-refractivity contribution in [1.29, 1.82) is 0 Å². The zero-order valence-electron chi connectivity index (χ0n) is 26.4. The molecule has 2 aromatic heterocycles. The quantitative estimate of drug-likeness (QED) is 0.109. The Morgan fingerprint density at radius 1 is 0.732 bits per heavy atom. The molecule has 0 bridgehead atoms. The summed E-state index contributed by atoms with van der Waals surface area (Å²) in [4.78, 5) is 5.80. The van der Waals surface area contributed by atoms with Gasteiger partial charge in [-0.1, -0.05) is 98.3 Å². The van der Waals surface area contributed by atoms with E-state index in [4.69, 9.17) is 0 Å². The summed E-state index contributed by atoms with van der Waals surface area (Å²) < 4.78 is 2.53. The predicted octanol–water partition coefficient (Wildman–Crippen LogP) is 13.9. The SMILES string of the molecule is CCCCCCC(CCCC)CC1CN(CC(CCCC)CCCC(CC)c2ccc(Br)s2)C=C1c1ccc(Br)s1. The number of hydrogen-bond donors (Lipinski definition) is 0. The minimum atomic E-state index is 0.683. The van der Waals surface area contributed by atoms with Crippen LogP contribution < -0.4 is 0 Å². The van der Waals surface area contributed by atoms with Gasteiger partial charge in [0.05, 0.1) is 7.57 Å². The van der Waals surface area contributed by atoms with Crippen molar-refractivity contribution in [2.24, 2.45) is 17.8 Å². The van der Waals surface area contributed by atoms with Crippen LogP contribution in [0.1, 0.15) is 146 Å². The van der Waals surface area contributed by atoms with Crippen LogP contribution in [-0.2, 0) is 0 Å². The van der Waals surface area contributed by atoms with Gasteiger partial charge in [-0.2, -0.15) is 0 Å². The molecule has 4 atom stereocenters. The molecule has 232 valence electrons. The van der Waals surface area contributed by atoms with E-state index in [1.807, 2.05) is 22.7 Å². The van der Waals surface area contributed by atoms with E-state index in [2.05, 4.69) is 94.9 Å². The Labute approximate surface area is 278 Å². The van der Waals surface area contributed by atoms with Crippen molar-refractivity contribution < 1.29 is 0 Å². The van der Waals surface area contributed by atoms with E-state index in [0.717, 1.165) is 17.8 Å². The normalized spacial score (nSPS) is 17.7. The van der Waals surface area contributed by atoms with Gasteiger partial charge in [0.15, 0.2) is 0 Å². The fraction of sp³-hybridized carbons (Fsp3) is 0.722. The highest BCUT2D eigenvalue weighted by Crippen LogP contribution is 2.41. The smallest absolute Gasteiger partial charge is 0.0704 e. The van der Waals surface area contributed by atoms with Gasteiger partial charge in [0.2, 0.25) is 0 Å². The van der Waals surface area contributed by atoms with Gasteiger partial charge < -0.3 is 4.90 Å². The molecule has 0 spiro atoms. The number of halogens is 2.